The molecule has 0 saturated carbocycles. The number of carbonyl (C=O) groups excluding carboxylic acids is 2. The number of esters is 1. The van der Waals surface area contributed by atoms with Gasteiger partial charge in [0.15, 0.2) is 0 Å². The van der Waals surface area contributed by atoms with E-state index >= 15 is 0 Å². The van der Waals surface area contributed by atoms with Crippen molar-refractivity contribution < 1.29 is 37.3 Å². The second-order valence-electron chi connectivity index (χ2n) is 27.2. The Morgan fingerprint density at radius 2 is 0.682 bits per heavy atom. The van der Waals surface area contributed by atoms with Gasteiger partial charge in [0, 0.05) is 12.8 Å². The number of allylic oxidation sites excluding steroid dienone is 3. The van der Waals surface area contributed by atoms with Gasteiger partial charge in [-0.3, -0.25) is 14.2 Å². The van der Waals surface area contributed by atoms with E-state index in [9.17, 15) is 19.0 Å². The molecule has 1 N–H and O–H groups in total. The maximum atomic E-state index is 13.6. The summed E-state index contributed by atoms with van der Waals surface area (Å²) >= 11 is 0. The monoisotopic (exact) mass is 1220 g/mol. The van der Waals surface area contributed by atoms with Gasteiger partial charge < -0.3 is 28.5 Å². The Hall–Kier alpha value is -1.51. The van der Waals surface area contributed by atoms with Crippen molar-refractivity contribution in [3.63, 3.8) is 0 Å². The molecule has 1 amide bonds. The summed E-state index contributed by atoms with van der Waals surface area (Å²) in [6, 6.07) is -0.883. The fourth-order valence-electron chi connectivity index (χ4n) is 11.6. The first-order chi connectivity index (χ1) is 41.4. The highest BCUT2D eigenvalue weighted by atomic mass is 31.2. The first kappa shape index (κ1) is 83.5. The molecule has 0 aromatic heterocycles. The van der Waals surface area contributed by atoms with Crippen LogP contribution in [0.15, 0.2) is 24.3 Å². The molecule has 10 heteroatoms. The first-order valence-corrected chi connectivity index (χ1v) is 39.1. The summed E-state index contributed by atoms with van der Waals surface area (Å²) in [7, 11) is 1.21. The zero-order chi connectivity index (χ0) is 62.1. The number of carbonyl (C=O) groups is 2. The lowest BCUT2D eigenvalue weighted by atomic mass is 10.0. The van der Waals surface area contributed by atoms with Gasteiger partial charge in [0.1, 0.15) is 19.3 Å². The van der Waals surface area contributed by atoms with Crippen LogP contribution in [0.1, 0.15) is 393 Å². The van der Waals surface area contributed by atoms with Crippen LogP contribution >= 0.6 is 7.82 Å². The van der Waals surface area contributed by atoms with E-state index in [4.69, 9.17) is 13.8 Å². The van der Waals surface area contributed by atoms with Crippen LogP contribution in [0.3, 0.4) is 0 Å². The van der Waals surface area contributed by atoms with E-state index < -0.39 is 20.0 Å². The number of hydrogen-bond acceptors (Lipinski definition) is 7. The van der Waals surface area contributed by atoms with Crippen molar-refractivity contribution >= 4 is 19.7 Å². The Bertz CT molecular complexity index is 1500. The van der Waals surface area contributed by atoms with Gasteiger partial charge >= 0.3 is 5.97 Å². The topological polar surface area (TPSA) is 114 Å². The third-order valence-electron chi connectivity index (χ3n) is 17.4. The molecule has 0 aliphatic heterocycles. The number of amides is 1. The predicted octanol–water partition coefficient (Wildman–Crippen LogP) is 23.4. The summed E-state index contributed by atoms with van der Waals surface area (Å²) in [5.74, 6) is -0.514. The van der Waals surface area contributed by atoms with E-state index in [1.54, 1.807) is 0 Å². The number of phosphoric acid groups is 1. The fourth-order valence-corrected chi connectivity index (χ4v) is 12.3. The quantitative estimate of drug-likeness (QED) is 0.0212. The van der Waals surface area contributed by atoms with Gasteiger partial charge in [-0.15, -0.1) is 0 Å². The van der Waals surface area contributed by atoms with Crippen LogP contribution in [0, 0.1) is 0 Å². The minimum atomic E-state index is -4.70. The largest absolute Gasteiger partial charge is 0.756 e. The minimum absolute atomic E-state index is 0.0176. The number of nitrogens with zero attached hydrogens (tertiary/aromatic N) is 1. The van der Waals surface area contributed by atoms with E-state index in [-0.39, 0.29) is 31.5 Å². The lowest BCUT2D eigenvalue weighted by Crippen LogP contribution is -2.47. The summed E-state index contributed by atoms with van der Waals surface area (Å²) in [6.45, 7) is 6.92. The maximum Gasteiger partial charge on any atom is 0.306 e. The minimum Gasteiger partial charge on any atom is -0.756 e. The highest BCUT2D eigenvalue weighted by Gasteiger charge is 2.27. The Balaban J connectivity index is 5.00. The van der Waals surface area contributed by atoms with Crippen molar-refractivity contribution in [3.05, 3.63) is 24.3 Å². The van der Waals surface area contributed by atoms with E-state index in [1.807, 2.05) is 33.3 Å². The van der Waals surface area contributed by atoms with E-state index in [1.165, 1.54) is 302 Å². The summed E-state index contributed by atoms with van der Waals surface area (Å²) in [5, 5.41) is 3.06. The molecule has 0 bridgehead atoms. The highest BCUT2D eigenvalue weighted by molar-refractivity contribution is 7.45. The van der Waals surface area contributed by atoms with Crippen molar-refractivity contribution in [1.29, 1.82) is 0 Å². The van der Waals surface area contributed by atoms with Crippen LogP contribution in [-0.4, -0.2) is 69.4 Å². The zero-order valence-electron chi connectivity index (χ0n) is 57.8. The van der Waals surface area contributed by atoms with E-state index in [0.717, 1.165) is 57.8 Å². The highest BCUT2D eigenvalue weighted by Crippen LogP contribution is 2.38. The third kappa shape index (κ3) is 66.7. The summed E-state index contributed by atoms with van der Waals surface area (Å²) in [6.07, 6.45) is 80.2. The van der Waals surface area contributed by atoms with Crippen LogP contribution in [0.5, 0.6) is 0 Å². The Labute approximate surface area is 530 Å². The van der Waals surface area contributed by atoms with Gasteiger partial charge in [-0.25, -0.2) is 0 Å². The van der Waals surface area contributed by atoms with Gasteiger partial charge in [0.05, 0.1) is 33.8 Å². The SMILES string of the molecule is CCCCCCCC/C=C/CCCCCCCCCCCCCCCCCC(=O)NC(COP(=O)([O-])OCC[N+](C)(C)C)C(/C=C/CCCCCCCCCCCCC)OC(=O)CCCCCCCCCCCCCCCCCCCCCCC. The average Bonchev–Trinajstić information content (AvgIpc) is 3.64. The van der Waals surface area contributed by atoms with E-state index in [2.05, 4.69) is 38.2 Å². The van der Waals surface area contributed by atoms with Gasteiger partial charge in [0.25, 0.3) is 7.82 Å². The lowest BCUT2D eigenvalue weighted by Gasteiger charge is -2.30. The zero-order valence-corrected chi connectivity index (χ0v) is 58.7. The summed E-state index contributed by atoms with van der Waals surface area (Å²) < 4.78 is 30.5. The van der Waals surface area contributed by atoms with Crippen molar-refractivity contribution in [1.82, 2.24) is 5.32 Å². The normalized spacial score (nSPS) is 13.5. The maximum absolute atomic E-state index is 13.6. The first-order valence-electron chi connectivity index (χ1n) is 37.6. The molecular weight excluding hydrogens is 1070 g/mol. The number of rotatable bonds is 70. The number of unbranched alkanes of at least 4 members (excludes halogenated alkanes) is 52. The van der Waals surface area contributed by atoms with Crippen molar-refractivity contribution in [2.45, 2.75) is 405 Å². The van der Waals surface area contributed by atoms with Gasteiger partial charge in [-0.05, 0) is 57.4 Å². The van der Waals surface area contributed by atoms with Crippen molar-refractivity contribution in [3.8, 4) is 0 Å². The van der Waals surface area contributed by atoms with Gasteiger partial charge in [-0.1, -0.05) is 347 Å². The summed E-state index contributed by atoms with van der Waals surface area (Å²) in [4.78, 5) is 40.3. The fraction of sp³-hybridized carbons (Fsp3) is 0.920. The number of ether oxygens (including phenoxy) is 1. The molecule has 0 heterocycles. The molecule has 0 aliphatic rings. The Morgan fingerprint density at radius 1 is 0.400 bits per heavy atom. The summed E-state index contributed by atoms with van der Waals surface area (Å²) in [5.41, 5.74) is 0. The molecule has 0 rings (SSSR count). The third-order valence-corrected chi connectivity index (χ3v) is 18.3. The van der Waals surface area contributed by atoms with Crippen LogP contribution in [-0.2, 0) is 27.9 Å². The molecule has 0 aliphatic carbocycles. The Kier molecular flexibility index (Phi) is 64.3. The second-order valence-corrected chi connectivity index (χ2v) is 28.6. The van der Waals surface area contributed by atoms with Crippen molar-refractivity contribution in [2.75, 3.05) is 40.9 Å². The van der Waals surface area contributed by atoms with Crippen LogP contribution in [0.4, 0.5) is 0 Å². The molecule has 85 heavy (non-hydrogen) atoms. The average molecular weight is 1220 g/mol. The smallest absolute Gasteiger partial charge is 0.306 e. The predicted molar refractivity (Wildman–Crippen MR) is 367 cm³/mol. The molecular formula is C75H147N2O7P. The molecule has 3 atom stereocenters. The molecule has 504 valence electrons. The van der Waals surface area contributed by atoms with E-state index in [0.29, 0.717) is 17.4 Å². The van der Waals surface area contributed by atoms with Crippen molar-refractivity contribution in [2.24, 2.45) is 0 Å². The number of phosphoric ester groups is 1. The molecule has 0 aromatic rings. The molecule has 0 radical (unpaired) electrons. The second kappa shape index (κ2) is 65.4. The molecule has 0 saturated heterocycles. The molecule has 0 aromatic carbocycles. The molecule has 0 fully saturated rings. The van der Waals surface area contributed by atoms with Crippen LogP contribution in [0.2, 0.25) is 0 Å². The number of hydrogen-bond donors (Lipinski definition) is 1. The Morgan fingerprint density at radius 3 is 1.00 bits per heavy atom. The molecule has 0 spiro atoms. The number of likely N-dealkylation sites (N-methyl/N-ethyl adjacent to an activating group) is 1. The van der Waals surface area contributed by atoms with Crippen LogP contribution in [0.25, 0.3) is 0 Å². The molecule has 3 unspecified atom stereocenters. The molecule has 9 nitrogen and oxygen atoms in total. The standard InChI is InChI=1S/C75H147N2O7P/c1-7-10-13-16-19-22-25-28-30-32-34-36-37-38-39-41-42-44-46-49-52-55-58-61-64-67-74(78)76-72(71-83-85(80,81)82-70-69-77(4,5)6)73(66-63-60-57-54-51-48-27-24-21-18-15-12-9-3)84-75(79)68-65-62-59-56-53-50-47-45-43-40-35-33-31-29-26-23-20-17-14-11-8-2/h28,30,63,66,72-73H,7-27,29,31-62,64-65,67-71H2,1-6H3,(H-,76,78,80,81)/b30-28+,66-63+. The number of nitrogens with one attached hydrogen (secondary N) is 1. The van der Waals surface area contributed by atoms with Gasteiger partial charge in [0.2, 0.25) is 5.91 Å². The van der Waals surface area contributed by atoms with Gasteiger partial charge in [-0.2, -0.15) is 0 Å². The van der Waals surface area contributed by atoms with Crippen LogP contribution < -0.4 is 10.2 Å². The number of quaternary nitrogens is 1. The lowest BCUT2D eigenvalue weighted by molar-refractivity contribution is -0.870.